The van der Waals surface area contributed by atoms with E-state index in [2.05, 4.69) is 5.32 Å². The summed E-state index contributed by atoms with van der Waals surface area (Å²) < 4.78 is 30.9. The number of nitrogens with one attached hydrogen (secondary N) is 1. The lowest BCUT2D eigenvalue weighted by Crippen LogP contribution is -2.43. The first-order chi connectivity index (χ1) is 8.46. The van der Waals surface area contributed by atoms with Crippen molar-refractivity contribution in [2.45, 2.75) is 31.4 Å². The van der Waals surface area contributed by atoms with Crippen LogP contribution in [0.3, 0.4) is 0 Å². The molecule has 18 heavy (non-hydrogen) atoms. The molecule has 1 aliphatic carbocycles. The zero-order chi connectivity index (χ0) is 13.2. The van der Waals surface area contributed by atoms with E-state index in [-0.39, 0.29) is 12.4 Å². The SMILES string of the molecule is CC(O)(CNC1CC1)COc1ccc(F)c(F)c1. The van der Waals surface area contributed by atoms with Crippen molar-refractivity contribution in [1.82, 2.24) is 5.32 Å². The molecule has 0 spiro atoms. The average Bonchev–Trinajstić information content (AvgIpc) is 3.12. The summed E-state index contributed by atoms with van der Waals surface area (Å²) in [6, 6.07) is 3.81. The van der Waals surface area contributed by atoms with E-state index in [9.17, 15) is 13.9 Å². The fourth-order valence-electron chi connectivity index (χ4n) is 1.51. The minimum absolute atomic E-state index is 0.0256. The summed E-state index contributed by atoms with van der Waals surface area (Å²) in [5.74, 6) is -1.66. The second kappa shape index (κ2) is 5.20. The molecule has 0 bridgehead atoms. The van der Waals surface area contributed by atoms with E-state index in [0.717, 1.165) is 25.0 Å². The molecule has 1 saturated carbocycles. The summed E-state index contributed by atoms with van der Waals surface area (Å²) in [6.07, 6.45) is 2.28. The van der Waals surface area contributed by atoms with E-state index in [0.29, 0.717) is 12.6 Å². The lowest BCUT2D eigenvalue weighted by atomic mass is 10.1. The number of benzene rings is 1. The van der Waals surface area contributed by atoms with Crippen LogP contribution in [0, 0.1) is 11.6 Å². The Bertz CT molecular complexity index is 419. The van der Waals surface area contributed by atoms with Crippen molar-refractivity contribution in [3.05, 3.63) is 29.8 Å². The summed E-state index contributed by atoms with van der Waals surface area (Å²) in [6.45, 7) is 2.08. The van der Waals surface area contributed by atoms with Crippen LogP contribution in [0.1, 0.15) is 19.8 Å². The molecule has 3 nitrogen and oxygen atoms in total. The molecule has 1 fully saturated rings. The van der Waals surface area contributed by atoms with Gasteiger partial charge in [-0.1, -0.05) is 0 Å². The molecule has 0 amide bonds. The minimum atomic E-state index is -1.03. The average molecular weight is 257 g/mol. The van der Waals surface area contributed by atoms with E-state index < -0.39 is 17.2 Å². The van der Waals surface area contributed by atoms with Crippen molar-refractivity contribution in [3.8, 4) is 5.75 Å². The van der Waals surface area contributed by atoms with Crippen LogP contribution in [-0.2, 0) is 0 Å². The number of ether oxygens (including phenoxy) is 1. The van der Waals surface area contributed by atoms with Gasteiger partial charge in [0.25, 0.3) is 0 Å². The van der Waals surface area contributed by atoms with E-state index in [1.807, 2.05) is 0 Å². The molecule has 1 atom stereocenters. The van der Waals surface area contributed by atoms with Gasteiger partial charge in [-0.3, -0.25) is 0 Å². The van der Waals surface area contributed by atoms with Gasteiger partial charge in [-0.15, -0.1) is 0 Å². The summed E-state index contributed by atoms with van der Waals surface area (Å²) in [5, 5.41) is 13.2. The standard InChI is InChI=1S/C13H17F2NO2/c1-13(17,7-16-9-2-3-9)8-18-10-4-5-11(14)12(15)6-10/h4-6,9,16-17H,2-3,7-8H2,1H3. The number of aliphatic hydroxyl groups is 1. The fraction of sp³-hybridized carbons (Fsp3) is 0.538. The summed E-state index contributed by atoms with van der Waals surface area (Å²) in [5.41, 5.74) is -1.03. The maximum absolute atomic E-state index is 12.9. The number of halogens is 2. The van der Waals surface area contributed by atoms with E-state index in [4.69, 9.17) is 4.74 Å². The molecule has 1 aromatic rings. The van der Waals surface area contributed by atoms with Crippen LogP contribution in [0.25, 0.3) is 0 Å². The van der Waals surface area contributed by atoms with Crippen LogP contribution in [0.5, 0.6) is 5.75 Å². The molecule has 5 heteroatoms. The van der Waals surface area contributed by atoms with Crippen LogP contribution in [0.4, 0.5) is 8.78 Å². The number of hydrogen-bond donors (Lipinski definition) is 2. The Morgan fingerprint density at radius 1 is 1.39 bits per heavy atom. The third-order valence-electron chi connectivity index (χ3n) is 2.79. The molecule has 0 radical (unpaired) electrons. The highest BCUT2D eigenvalue weighted by Gasteiger charge is 2.27. The Morgan fingerprint density at radius 3 is 2.72 bits per heavy atom. The van der Waals surface area contributed by atoms with Crippen molar-refractivity contribution in [3.63, 3.8) is 0 Å². The molecule has 0 aliphatic heterocycles. The predicted molar refractivity (Wildman–Crippen MR) is 63.5 cm³/mol. The first-order valence-electron chi connectivity index (χ1n) is 6.00. The first kappa shape index (κ1) is 13.2. The van der Waals surface area contributed by atoms with Gasteiger partial charge >= 0.3 is 0 Å². The monoisotopic (exact) mass is 257 g/mol. The molecule has 100 valence electrons. The first-order valence-corrected chi connectivity index (χ1v) is 6.00. The third-order valence-corrected chi connectivity index (χ3v) is 2.79. The molecule has 0 heterocycles. The normalized spacial score (nSPS) is 18.4. The molecule has 0 aromatic heterocycles. The van der Waals surface area contributed by atoms with Gasteiger partial charge in [-0.05, 0) is 31.9 Å². The minimum Gasteiger partial charge on any atom is -0.490 e. The lowest BCUT2D eigenvalue weighted by Gasteiger charge is -2.24. The third kappa shape index (κ3) is 3.92. The quantitative estimate of drug-likeness (QED) is 0.817. The molecule has 1 unspecified atom stereocenters. The molecule has 2 rings (SSSR count). The summed E-state index contributed by atoms with van der Waals surface area (Å²) >= 11 is 0. The molecule has 1 aromatic carbocycles. The molecular weight excluding hydrogens is 240 g/mol. The summed E-state index contributed by atoms with van der Waals surface area (Å²) in [4.78, 5) is 0. The van der Waals surface area contributed by atoms with Gasteiger partial charge in [-0.2, -0.15) is 0 Å². The van der Waals surface area contributed by atoms with Gasteiger partial charge in [0.15, 0.2) is 11.6 Å². The van der Waals surface area contributed by atoms with Crippen molar-refractivity contribution < 1.29 is 18.6 Å². The maximum atomic E-state index is 12.9. The van der Waals surface area contributed by atoms with Gasteiger partial charge in [0.05, 0.1) is 0 Å². The highest BCUT2D eigenvalue weighted by Crippen LogP contribution is 2.20. The van der Waals surface area contributed by atoms with Crippen LogP contribution in [0.15, 0.2) is 18.2 Å². The Hall–Kier alpha value is -1.20. The largest absolute Gasteiger partial charge is 0.490 e. The van der Waals surface area contributed by atoms with Crippen LogP contribution < -0.4 is 10.1 Å². The van der Waals surface area contributed by atoms with Gasteiger partial charge in [-0.25, -0.2) is 8.78 Å². The number of hydrogen-bond acceptors (Lipinski definition) is 3. The Morgan fingerprint density at radius 2 is 2.11 bits per heavy atom. The highest BCUT2D eigenvalue weighted by atomic mass is 19.2. The Kier molecular flexibility index (Phi) is 3.82. The van der Waals surface area contributed by atoms with Crippen LogP contribution >= 0.6 is 0 Å². The van der Waals surface area contributed by atoms with Crippen LogP contribution in [0.2, 0.25) is 0 Å². The molecule has 1 aliphatic rings. The molecular formula is C13H17F2NO2. The zero-order valence-electron chi connectivity index (χ0n) is 10.2. The van der Waals surface area contributed by atoms with Crippen molar-refractivity contribution in [2.24, 2.45) is 0 Å². The van der Waals surface area contributed by atoms with E-state index >= 15 is 0 Å². The van der Waals surface area contributed by atoms with Crippen LogP contribution in [-0.4, -0.2) is 29.9 Å². The highest BCUT2D eigenvalue weighted by molar-refractivity contribution is 5.23. The second-order valence-corrected chi connectivity index (χ2v) is 5.02. The molecule has 2 N–H and O–H groups in total. The summed E-state index contributed by atoms with van der Waals surface area (Å²) in [7, 11) is 0. The lowest BCUT2D eigenvalue weighted by molar-refractivity contribution is 0.0119. The fourth-order valence-corrected chi connectivity index (χ4v) is 1.51. The molecule has 0 saturated heterocycles. The van der Waals surface area contributed by atoms with Crippen molar-refractivity contribution in [1.29, 1.82) is 0 Å². The van der Waals surface area contributed by atoms with Crippen molar-refractivity contribution in [2.75, 3.05) is 13.2 Å². The Labute approximate surface area is 105 Å². The Balaban J connectivity index is 1.82. The zero-order valence-corrected chi connectivity index (χ0v) is 10.2. The van der Waals surface area contributed by atoms with E-state index in [1.54, 1.807) is 6.92 Å². The van der Waals surface area contributed by atoms with Gasteiger partial charge in [0, 0.05) is 18.7 Å². The topological polar surface area (TPSA) is 41.5 Å². The second-order valence-electron chi connectivity index (χ2n) is 5.02. The smallest absolute Gasteiger partial charge is 0.162 e. The predicted octanol–water partition coefficient (Wildman–Crippen LogP) is 1.85. The van der Waals surface area contributed by atoms with Gasteiger partial charge in [0.2, 0.25) is 0 Å². The van der Waals surface area contributed by atoms with Gasteiger partial charge < -0.3 is 15.2 Å². The van der Waals surface area contributed by atoms with E-state index in [1.165, 1.54) is 6.07 Å². The number of rotatable bonds is 6. The van der Waals surface area contributed by atoms with Gasteiger partial charge in [0.1, 0.15) is 18.0 Å². The van der Waals surface area contributed by atoms with Crippen molar-refractivity contribution >= 4 is 0 Å². The maximum Gasteiger partial charge on any atom is 0.162 e.